The maximum absolute atomic E-state index is 17.6. The van der Waals surface area contributed by atoms with Gasteiger partial charge in [0, 0.05) is 35.4 Å². The second-order valence-corrected chi connectivity index (χ2v) is 33.8. The Morgan fingerprint density at radius 3 is 2.50 bits per heavy atom. The lowest BCUT2D eigenvalue weighted by Gasteiger charge is -2.73. The number of ether oxygens (including phenoxy) is 4. The first-order valence-corrected chi connectivity index (χ1v) is 36.0. The summed E-state index contributed by atoms with van der Waals surface area (Å²) in [6.07, 6.45) is 30.9. The van der Waals surface area contributed by atoms with Gasteiger partial charge >= 0.3 is 11.9 Å². The lowest BCUT2D eigenvalue weighted by molar-refractivity contribution is -0.301. The maximum atomic E-state index is 17.6. The van der Waals surface area contributed by atoms with Crippen LogP contribution in [0.3, 0.4) is 0 Å². The van der Waals surface area contributed by atoms with E-state index in [0.717, 1.165) is 141 Å². The van der Waals surface area contributed by atoms with Crippen molar-refractivity contribution in [2.24, 2.45) is 104 Å². The van der Waals surface area contributed by atoms with E-state index >= 15 is 14.4 Å². The number of carbonyl (C=O) groups excluding carboxylic acids is 3. The number of aliphatic hydroxyl groups is 3. The molecule has 4 N–H and O–H groups in total. The molecule has 0 radical (unpaired) electrons. The zero-order chi connectivity index (χ0) is 59.2. The van der Waals surface area contributed by atoms with Crippen LogP contribution in [0.25, 0.3) is 0 Å². The highest BCUT2D eigenvalue weighted by atomic mass is 16.7. The summed E-state index contributed by atoms with van der Waals surface area (Å²) < 4.78 is 37.6. The normalized spacial score (nSPS) is 50.9. The molecule has 6 spiro atoms. The van der Waals surface area contributed by atoms with Crippen molar-refractivity contribution in [1.82, 2.24) is 10.2 Å². The van der Waals surface area contributed by atoms with Crippen LogP contribution in [0.4, 0.5) is 0 Å². The Labute approximate surface area is 519 Å². The predicted octanol–water partition coefficient (Wildman–Crippen LogP) is 11.1. The number of Topliss-reactive ketones (excluding diaryl/α,β-unsaturated/α-hetero) is 1. The number of hydrogen-bond acceptors (Lipinski definition) is 13. The largest absolute Gasteiger partial charge is 0.469 e. The summed E-state index contributed by atoms with van der Waals surface area (Å²) in [4.78, 5) is 52.4. The molecule has 88 heavy (non-hydrogen) atoms. The average Bonchev–Trinajstić information content (AvgIpc) is 1.43. The van der Waals surface area contributed by atoms with Crippen molar-refractivity contribution in [3.63, 3.8) is 0 Å². The summed E-state index contributed by atoms with van der Waals surface area (Å²) in [7, 11) is 0. The molecule has 0 amide bonds. The van der Waals surface area contributed by atoms with Crippen molar-refractivity contribution >= 4 is 17.7 Å². The minimum Gasteiger partial charge on any atom is -0.469 e. The number of epoxide rings is 1. The summed E-state index contributed by atoms with van der Waals surface area (Å²) in [6, 6.07) is 13.3. The smallest absolute Gasteiger partial charge is 0.339 e. The van der Waals surface area contributed by atoms with Gasteiger partial charge in [-0.25, -0.2) is 4.79 Å². The molecule has 10 saturated carbocycles. The van der Waals surface area contributed by atoms with Crippen LogP contribution in [-0.4, -0.2) is 106 Å². The molecule has 7 aliphatic heterocycles. The number of fused-ring (bicyclic) bond motifs is 5. The van der Waals surface area contributed by atoms with Gasteiger partial charge in [0.1, 0.15) is 35.8 Å². The van der Waals surface area contributed by atoms with Gasteiger partial charge in [-0.15, -0.1) is 0 Å². The Hall–Kier alpha value is -3.85. The number of nitrogens with zero attached hydrogens (tertiary/aromatic N) is 1. The van der Waals surface area contributed by atoms with Gasteiger partial charge in [0.25, 0.3) is 0 Å². The van der Waals surface area contributed by atoms with Gasteiger partial charge in [-0.05, 0) is 221 Å². The van der Waals surface area contributed by atoms with Crippen LogP contribution < -0.4 is 5.32 Å². The maximum Gasteiger partial charge on any atom is 0.339 e. The minimum atomic E-state index is -1.48. The third-order valence-electron chi connectivity index (χ3n) is 31.4. The third-order valence-corrected chi connectivity index (χ3v) is 31.4. The van der Waals surface area contributed by atoms with Gasteiger partial charge < -0.3 is 43.6 Å². The molecular weight excluding hydrogens is 1100 g/mol. The van der Waals surface area contributed by atoms with Crippen LogP contribution in [0.15, 0.2) is 71.0 Å². The monoisotopic (exact) mass is 1200 g/mol. The molecule has 1 aromatic carbocycles. The molecule has 8 heterocycles. The fourth-order valence-corrected chi connectivity index (χ4v) is 29.0. The molecule has 10 aliphatic carbocycles. The van der Waals surface area contributed by atoms with Gasteiger partial charge in [-0.3, -0.25) is 14.9 Å². The number of rotatable bonds is 10. The first kappa shape index (κ1) is 55.8. The fraction of sp³-hybridized carbons (Fsp3) is 0.773. The van der Waals surface area contributed by atoms with Crippen molar-refractivity contribution < 1.29 is 53.1 Å². The van der Waals surface area contributed by atoms with E-state index in [0.29, 0.717) is 42.9 Å². The summed E-state index contributed by atoms with van der Waals surface area (Å²) >= 11 is 0. The number of benzene rings is 1. The molecule has 24 atom stereocenters. The van der Waals surface area contributed by atoms with Crippen LogP contribution in [-0.2, 0) is 46.2 Å². The van der Waals surface area contributed by atoms with E-state index in [1.54, 1.807) is 6.26 Å². The van der Waals surface area contributed by atoms with Gasteiger partial charge in [0.15, 0.2) is 11.9 Å². The molecule has 5 bridgehead atoms. The zero-order valence-electron chi connectivity index (χ0n) is 52.1. The molecule has 13 heteroatoms. The zero-order valence-corrected chi connectivity index (χ0v) is 52.1. The van der Waals surface area contributed by atoms with Crippen LogP contribution in [0.1, 0.15) is 190 Å². The number of carbonyl (C=O) groups is 3. The summed E-state index contributed by atoms with van der Waals surface area (Å²) in [5.41, 5.74) is -3.73. The second kappa shape index (κ2) is 18.9. The summed E-state index contributed by atoms with van der Waals surface area (Å²) in [5, 5.41) is 41.5. The van der Waals surface area contributed by atoms with Gasteiger partial charge in [-0.1, -0.05) is 94.4 Å². The van der Waals surface area contributed by atoms with E-state index < -0.39 is 80.7 Å². The Morgan fingerprint density at radius 2 is 1.66 bits per heavy atom. The minimum absolute atomic E-state index is 0.0815. The fourth-order valence-electron chi connectivity index (χ4n) is 29.0. The van der Waals surface area contributed by atoms with E-state index in [4.69, 9.17) is 23.4 Å². The number of aliphatic hydroxyl groups excluding tert-OH is 3. The highest BCUT2D eigenvalue weighted by Crippen LogP contribution is 2.92. The molecular formula is C75H96N2O11. The number of nitrogens with one attached hydrogen (secondary N) is 1. The van der Waals surface area contributed by atoms with Crippen LogP contribution in [0, 0.1) is 104 Å². The van der Waals surface area contributed by atoms with Crippen molar-refractivity contribution in [3.8, 4) is 0 Å². The van der Waals surface area contributed by atoms with Crippen LogP contribution in [0.2, 0.25) is 0 Å². The van der Waals surface area contributed by atoms with Crippen LogP contribution >= 0.6 is 0 Å². The number of cyclic esters (lactones) is 2. The molecule has 5 saturated heterocycles. The third kappa shape index (κ3) is 6.56. The van der Waals surface area contributed by atoms with Crippen LogP contribution in [0.5, 0.6) is 0 Å². The molecule has 15 fully saturated rings. The number of allylic oxidation sites excluding steroid dienone is 1. The standard InChI is InChI=1S/C75H96N2O11/c1-67-36-47-37-70-49(19-25-69(70)28-27-68(40-69)23-8-9-24-68)34-51-20-26-72(48-14-6-3-7-15-48)60-58(80)62(81)73(50-16-10-13-44(32-50)31-43-11-4-2-5-12-43,59(47)71(60)41-85-65(82)61(70)74(51,71)88-72)75(67)64(87-75)66(83)86-63(67)53-22-30-84-57(53)35-54(56(79)39-78)45-17-18-52-46(33-45)21-29-77-42-76-38-55(52)77/h2,4-5,11-12,20-22,29-30,44-50,52,54-56,59-64,76,78-79,81H,3,6-10,13-19,23-28,31-42H2,1H3. The average molecular weight is 1200 g/mol. The molecule has 472 valence electrons. The van der Waals surface area contributed by atoms with Gasteiger partial charge in [-0.2, -0.15) is 0 Å². The Bertz CT molecular complexity index is 3280. The Morgan fingerprint density at radius 1 is 0.818 bits per heavy atom. The molecule has 13 nitrogen and oxygen atoms in total. The summed E-state index contributed by atoms with van der Waals surface area (Å²) in [6.45, 7) is 3.89. The van der Waals surface area contributed by atoms with Gasteiger partial charge in [0.05, 0.1) is 48.5 Å². The highest BCUT2D eigenvalue weighted by molar-refractivity contribution is 5.94. The molecule has 24 unspecified atom stereocenters. The topological polar surface area (TPSA) is 181 Å². The predicted molar refractivity (Wildman–Crippen MR) is 324 cm³/mol. The van der Waals surface area contributed by atoms with E-state index in [2.05, 4.69) is 65.8 Å². The number of ketones is 1. The number of hydrogen-bond donors (Lipinski definition) is 4. The lowest BCUT2D eigenvalue weighted by atomic mass is 9.29. The van der Waals surface area contributed by atoms with E-state index in [-0.39, 0.29) is 83.1 Å². The van der Waals surface area contributed by atoms with E-state index in [1.165, 1.54) is 43.2 Å². The Kier molecular flexibility index (Phi) is 12.0. The van der Waals surface area contributed by atoms with Crippen molar-refractivity contribution in [2.45, 2.75) is 228 Å². The number of esters is 2. The SMILES string of the molecule is CC12CC3CC45C(CCC46CCC4(CCCC4)C6)CC4=CCC6(C7CCCCC7)OC47C5C(=O)OCC74C6C(=O)C(O)C(C5CCCC(Cc6ccccc6)C5)(C34)C13OC3C(=O)OC2c1ccoc1CC(C(O)CO)C1CCC2C(C=CN3CNCC23)C1. The van der Waals surface area contributed by atoms with E-state index in [1.807, 2.05) is 6.07 Å². The van der Waals surface area contributed by atoms with Crippen molar-refractivity contribution in [1.29, 1.82) is 0 Å². The van der Waals surface area contributed by atoms with Gasteiger partial charge in [0.2, 0.25) is 0 Å². The Balaban J connectivity index is 0.820. The first-order valence-electron chi connectivity index (χ1n) is 36.0. The second-order valence-electron chi connectivity index (χ2n) is 33.8. The quantitative estimate of drug-likeness (QED) is 0.100. The van der Waals surface area contributed by atoms with Crippen molar-refractivity contribution in [2.75, 3.05) is 26.4 Å². The first-order chi connectivity index (χ1) is 42.8. The van der Waals surface area contributed by atoms with Crippen molar-refractivity contribution in [3.05, 3.63) is 83.5 Å². The molecule has 17 aliphatic rings. The highest BCUT2D eigenvalue weighted by Gasteiger charge is 2.99. The van der Waals surface area contributed by atoms with E-state index in [9.17, 15) is 15.3 Å². The molecule has 19 rings (SSSR count). The lowest BCUT2D eigenvalue weighted by Crippen LogP contribution is -2.82. The molecule has 2 aromatic rings. The number of furan rings is 1. The summed E-state index contributed by atoms with van der Waals surface area (Å²) in [5.74, 6) is -0.798. The molecule has 1 aromatic heterocycles.